The number of amides is 3. The number of halogens is 2. The van der Waals surface area contributed by atoms with Gasteiger partial charge in [0.1, 0.15) is 41.5 Å². The summed E-state index contributed by atoms with van der Waals surface area (Å²) in [6, 6.07) is 49.4. The van der Waals surface area contributed by atoms with Crippen molar-refractivity contribution in [2.45, 2.75) is 88.3 Å². The zero-order valence-electron chi connectivity index (χ0n) is 52.2. The van der Waals surface area contributed by atoms with E-state index >= 15 is 4.39 Å². The van der Waals surface area contributed by atoms with Gasteiger partial charge in [-0.05, 0) is 158 Å². The summed E-state index contributed by atoms with van der Waals surface area (Å²) in [4.78, 5) is 74.8. The molecule has 3 amide bonds. The number of pyridine rings is 2. The first kappa shape index (κ1) is 68.5. The second-order valence-corrected chi connectivity index (χ2v) is 27.8. The van der Waals surface area contributed by atoms with Crippen LogP contribution in [-0.2, 0) is 53.5 Å². The Labute approximate surface area is 571 Å². The minimum absolute atomic E-state index is 0. The van der Waals surface area contributed by atoms with Gasteiger partial charge in [0.2, 0.25) is 0 Å². The van der Waals surface area contributed by atoms with Crippen molar-refractivity contribution in [1.82, 2.24) is 40.0 Å². The molecule has 16 nitrogen and oxygen atoms in total. The van der Waals surface area contributed by atoms with Crippen molar-refractivity contribution in [3.8, 4) is 33.6 Å². The van der Waals surface area contributed by atoms with Gasteiger partial charge in [0, 0.05) is 84.7 Å². The third-order valence-electron chi connectivity index (χ3n) is 16.8. The number of benzene rings is 6. The maximum Gasteiger partial charge on any atom is 0.409 e. The van der Waals surface area contributed by atoms with Gasteiger partial charge in [0.05, 0.1) is 35.8 Å². The number of nitrogens with one attached hydrogen (secondary N) is 3. The number of carbonyl (C=O) groups is 5. The molecule has 4 heterocycles. The predicted molar refractivity (Wildman–Crippen MR) is 379 cm³/mol. The van der Waals surface area contributed by atoms with E-state index in [0.717, 1.165) is 77.9 Å². The summed E-state index contributed by atoms with van der Waals surface area (Å²) < 4.78 is 50.3. The minimum atomic E-state index is -0.603. The predicted octanol–water partition coefficient (Wildman–Crippen LogP) is 16.7. The summed E-state index contributed by atoms with van der Waals surface area (Å²) >= 11 is 0. The Bertz CT molecular complexity index is 4400. The van der Waals surface area contributed by atoms with Crippen molar-refractivity contribution in [2.24, 2.45) is 0 Å². The van der Waals surface area contributed by atoms with Gasteiger partial charge in [-0.25, -0.2) is 33.1 Å². The third-order valence-corrected chi connectivity index (χ3v) is 21.2. The normalized spacial score (nSPS) is 13.0. The summed E-state index contributed by atoms with van der Waals surface area (Å²) in [7, 11) is 9.74. The lowest BCUT2D eigenvalue weighted by Gasteiger charge is -2.20. The maximum atomic E-state index is 15.1. The standard InChI is InChI=1S/C44H39FN4O5S2.C29H29FN4O3S2.CH4/c1-48(44(52)54-26-37-33-11-4-2-9-31(33)32-10-3-5-12-34(32)37)25-28-16-18-29(19-17-28)42-35-13-8-14-39(50)36-23-30(45)24-38(41(35)36)49(42)27-47-43(51)53-21-22-55-56-40-15-6-7-20-46-40;1-31-17-19-8-10-20(11-9-19)28-22-5-4-6-25(35)23-15-21(30)16-24(27(22)23)34(28)18-33-29(36)37-13-14-38-39-26-7-2-3-12-32-26;/h2-7,9-12,15-20,23-24,37H,8,13-14,21-22,25-27H2,1H3,(H,47,51);2-3,7-12,15-16,31H,4-6,13-14,17-18H2,1H3,(H,33,36);1H4. The molecule has 0 unspecified atom stereocenters. The molecule has 0 radical (unpaired) electrons. The highest BCUT2D eigenvalue weighted by Crippen LogP contribution is 2.46. The highest BCUT2D eigenvalue weighted by atomic mass is 33.1. The second-order valence-electron chi connectivity index (χ2n) is 22.9. The highest BCUT2D eigenvalue weighted by Gasteiger charge is 2.32. The fourth-order valence-electron chi connectivity index (χ4n) is 12.6. The van der Waals surface area contributed by atoms with Crippen LogP contribution >= 0.6 is 43.2 Å². The van der Waals surface area contributed by atoms with Crippen LogP contribution in [0.2, 0.25) is 0 Å². The van der Waals surface area contributed by atoms with Crippen LogP contribution in [0, 0.1) is 11.6 Å². The van der Waals surface area contributed by atoms with Gasteiger partial charge in [-0.2, -0.15) is 0 Å². The molecule has 0 atom stereocenters. The lowest BCUT2D eigenvalue weighted by Crippen LogP contribution is -2.28. The van der Waals surface area contributed by atoms with E-state index in [2.05, 4.69) is 50.2 Å². The number of alkyl carbamates (subject to hydrolysis) is 2. The van der Waals surface area contributed by atoms with E-state index < -0.39 is 29.9 Å². The molecule has 0 spiro atoms. The monoisotopic (exact) mass is 1370 g/mol. The Balaban J connectivity index is 0.000000206. The number of Topliss-reactive ketones (excluding diaryl/α,β-unsaturated/α-hetero) is 2. The largest absolute Gasteiger partial charge is 0.449 e. The van der Waals surface area contributed by atoms with Crippen LogP contribution < -0.4 is 16.0 Å². The lowest BCUT2D eigenvalue weighted by molar-refractivity contribution is 0.0974. The average molecular weight is 1370 g/mol. The maximum absolute atomic E-state index is 15.1. The molecule has 0 fully saturated rings. The topological polar surface area (TPSA) is 188 Å². The number of hydrogen-bond donors (Lipinski definition) is 3. The molecule has 4 aromatic heterocycles. The number of carbonyl (C=O) groups excluding carboxylic acids is 5. The van der Waals surface area contributed by atoms with Crippen molar-refractivity contribution in [1.29, 1.82) is 0 Å². The molecule has 0 aliphatic heterocycles. The summed E-state index contributed by atoms with van der Waals surface area (Å²) in [6.45, 7) is 1.82. The Kier molecular flexibility index (Phi) is 23.0. The number of ketones is 2. The van der Waals surface area contributed by atoms with Crippen LogP contribution in [0.1, 0.15) is 93.1 Å². The Hall–Kier alpha value is -8.93. The van der Waals surface area contributed by atoms with Crippen molar-refractivity contribution >= 4 is 94.8 Å². The first-order valence-corrected chi connectivity index (χ1v) is 35.9. The van der Waals surface area contributed by atoms with Gasteiger partial charge in [-0.3, -0.25) is 9.59 Å². The first-order valence-electron chi connectivity index (χ1n) is 31.3. The fourth-order valence-corrected chi connectivity index (χ4v) is 16.0. The van der Waals surface area contributed by atoms with Gasteiger partial charge in [-0.1, -0.05) is 138 Å². The SMILES string of the molecule is C.CN(Cc1ccc(-c2c3c4c(cc(F)cc4n2CNC(=O)OCCSSc2ccccn2)C(=O)CCC3)cc1)C(=O)OCC1c2ccccc2-c2ccccc21.CNCc1ccc(-c2c3c4c(cc(F)cc4n2CNC(=O)OCCSSc2ccccn2)C(=O)CCC3)cc1. The molecule has 22 heteroatoms. The van der Waals surface area contributed by atoms with Crippen LogP contribution in [0.3, 0.4) is 0 Å². The Morgan fingerprint density at radius 1 is 0.573 bits per heavy atom. The van der Waals surface area contributed by atoms with Crippen molar-refractivity contribution in [2.75, 3.05) is 45.4 Å². The van der Waals surface area contributed by atoms with Crippen LogP contribution in [0.15, 0.2) is 180 Å². The van der Waals surface area contributed by atoms with Gasteiger partial charge in [-0.15, -0.1) is 0 Å². The van der Waals surface area contributed by atoms with Crippen LogP contribution in [0.4, 0.5) is 23.2 Å². The molecule has 3 N–H and O–H groups in total. The van der Waals surface area contributed by atoms with Crippen LogP contribution in [-0.4, -0.2) is 99.3 Å². The molecular formula is C74H72F2N8O8S4. The number of rotatable bonds is 22. The number of hydrogen-bond acceptors (Lipinski definition) is 15. The summed E-state index contributed by atoms with van der Waals surface area (Å²) in [5.41, 5.74) is 14.0. The molecule has 10 aromatic rings. The summed E-state index contributed by atoms with van der Waals surface area (Å²) in [5, 5.41) is 12.1. The van der Waals surface area contributed by atoms with E-state index in [4.69, 9.17) is 14.2 Å². The molecule has 0 saturated heterocycles. The van der Waals surface area contributed by atoms with Gasteiger partial charge in [0.15, 0.2) is 11.6 Å². The molecule has 96 heavy (non-hydrogen) atoms. The molecule has 6 aromatic carbocycles. The quantitative estimate of drug-likeness (QED) is 0.0330. The molecule has 3 aliphatic rings. The number of ether oxygens (including phenoxy) is 3. The van der Waals surface area contributed by atoms with Crippen LogP contribution in [0.25, 0.3) is 55.4 Å². The zero-order chi connectivity index (χ0) is 65.8. The molecule has 494 valence electrons. The van der Waals surface area contributed by atoms with Gasteiger partial charge < -0.3 is 44.2 Å². The minimum Gasteiger partial charge on any atom is -0.449 e. The van der Waals surface area contributed by atoms with Gasteiger partial charge in [0.25, 0.3) is 0 Å². The number of aryl methyl sites for hydroxylation is 2. The smallest absolute Gasteiger partial charge is 0.409 e. The molecular weight excluding hydrogens is 1300 g/mol. The zero-order valence-corrected chi connectivity index (χ0v) is 55.5. The van der Waals surface area contributed by atoms with E-state index in [1.54, 1.807) is 35.1 Å². The Morgan fingerprint density at radius 3 is 1.49 bits per heavy atom. The highest BCUT2D eigenvalue weighted by molar-refractivity contribution is 8.77. The number of nitrogens with zero attached hydrogens (tertiary/aromatic N) is 5. The first-order chi connectivity index (χ1) is 46.4. The van der Waals surface area contributed by atoms with E-state index in [1.807, 2.05) is 125 Å². The second kappa shape index (κ2) is 32.2. The molecule has 0 bridgehead atoms. The van der Waals surface area contributed by atoms with Crippen molar-refractivity contribution < 1.29 is 47.0 Å². The number of fused-ring (bicyclic) bond motifs is 3. The fraction of sp³-hybridized carbons (Fsp3) is 0.257. The number of aromatic nitrogens is 4. The van der Waals surface area contributed by atoms with Crippen molar-refractivity contribution in [3.05, 3.63) is 226 Å². The molecule has 0 saturated carbocycles. The third kappa shape index (κ3) is 15.8. The van der Waals surface area contributed by atoms with Gasteiger partial charge >= 0.3 is 18.3 Å². The van der Waals surface area contributed by atoms with E-state index in [1.165, 1.54) is 67.8 Å². The molecule has 3 aliphatic carbocycles. The lowest BCUT2D eigenvalue weighted by atomic mass is 9.98. The summed E-state index contributed by atoms with van der Waals surface area (Å²) in [5.74, 6) is -0.00762. The van der Waals surface area contributed by atoms with Crippen LogP contribution in [0.5, 0.6) is 0 Å². The molecule has 13 rings (SSSR count). The summed E-state index contributed by atoms with van der Waals surface area (Å²) in [6.07, 6.45) is 5.21. The van der Waals surface area contributed by atoms with E-state index in [-0.39, 0.29) is 58.1 Å². The van der Waals surface area contributed by atoms with E-state index in [0.29, 0.717) is 84.1 Å². The Morgan fingerprint density at radius 2 is 1.03 bits per heavy atom. The average Bonchev–Trinajstić information content (AvgIpc) is 1.60. The van der Waals surface area contributed by atoms with Crippen molar-refractivity contribution in [3.63, 3.8) is 0 Å². The van der Waals surface area contributed by atoms with E-state index in [9.17, 15) is 28.4 Å².